The van der Waals surface area contributed by atoms with E-state index in [2.05, 4.69) is 57.9 Å². The number of nitrogens with one attached hydrogen (secondary N) is 6. The minimum Gasteiger partial charge on any atom is -0.392 e. The second kappa shape index (κ2) is 20.3. The first-order chi connectivity index (χ1) is 24.8. The number of carbonyl (C=O) groups is 6. The lowest BCUT2D eigenvalue weighted by atomic mass is 9.90. The lowest BCUT2D eigenvalue weighted by Crippen LogP contribution is -2.55. The Labute approximate surface area is 304 Å². The number of hydrogen-bond acceptors (Lipinski definition) is 7. The summed E-state index contributed by atoms with van der Waals surface area (Å²) in [6.07, 6.45) is 0.495. The standard InChI is InChI=1S/C39H50N6O7/c1-24(2)37(39(52)42-27(5)38(51)43-30-16-14-28(23-46)15-17-30)45-36(50)22-41-35(49)21-40-33(47)18-19-34(48)44-32-13-9-7-11-29(32)20-26(4)31-12-8-6-10-25(31)3/h6-17,24,26-27,37,46H,18-23H2,1-5H3,(H,40,47)(H,41,49)(H,42,52)(H,43,51)(H,44,48)(H,45,50)/t26?,27-,37-/m0/s1. The van der Waals surface area contributed by atoms with Gasteiger partial charge in [-0.25, -0.2) is 0 Å². The first-order valence-electron chi connectivity index (χ1n) is 17.3. The zero-order valence-corrected chi connectivity index (χ0v) is 30.4. The Hall–Kier alpha value is -5.56. The van der Waals surface area contributed by atoms with Crippen molar-refractivity contribution in [1.29, 1.82) is 0 Å². The Morgan fingerprint density at radius 1 is 0.654 bits per heavy atom. The van der Waals surface area contributed by atoms with Crippen molar-refractivity contribution in [2.75, 3.05) is 23.7 Å². The second-order valence-corrected chi connectivity index (χ2v) is 13.1. The molecule has 0 saturated heterocycles. The van der Waals surface area contributed by atoms with Gasteiger partial charge in [-0.3, -0.25) is 28.8 Å². The normalized spacial score (nSPS) is 12.5. The van der Waals surface area contributed by atoms with Crippen LogP contribution in [0.5, 0.6) is 0 Å². The molecule has 278 valence electrons. The third-order valence-electron chi connectivity index (χ3n) is 8.43. The molecule has 0 saturated carbocycles. The lowest BCUT2D eigenvalue weighted by Gasteiger charge is -2.24. The summed E-state index contributed by atoms with van der Waals surface area (Å²) in [5, 5.41) is 24.7. The van der Waals surface area contributed by atoms with Crippen molar-refractivity contribution < 1.29 is 33.9 Å². The van der Waals surface area contributed by atoms with Gasteiger partial charge in [-0.2, -0.15) is 0 Å². The van der Waals surface area contributed by atoms with Gasteiger partial charge in [-0.05, 0) is 72.6 Å². The summed E-state index contributed by atoms with van der Waals surface area (Å²) in [6.45, 7) is 8.18. The molecular weight excluding hydrogens is 664 g/mol. The smallest absolute Gasteiger partial charge is 0.246 e. The van der Waals surface area contributed by atoms with Crippen molar-refractivity contribution in [2.24, 2.45) is 5.92 Å². The maximum absolute atomic E-state index is 12.9. The Bertz CT molecular complexity index is 1710. The van der Waals surface area contributed by atoms with Crippen LogP contribution in [0.1, 0.15) is 68.7 Å². The van der Waals surface area contributed by atoms with Gasteiger partial charge in [0.05, 0.1) is 19.7 Å². The molecule has 0 aliphatic carbocycles. The van der Waals surface area contributed by atoms with Crippen LogP contribution < -0.4 is 31.9 Å². The quantitative estimate of drug-likeness (QED) is 0.105. The Morgan fingerprint density at radius 2 is 1.27 bits per heavy atom. The molecule has 52 heavy (non-hydrogen) atoms. The highest BCUT2D eigenvalue weighted by Gasteiger charge is 2.27. The summed E-state index contributed by atoms with van der Waals surface area (Å²) in [6, 6.07) is 20.4. The van der Waals surface area contributed by atoms with Crippen molar-refractivity contribution in [3.8, 4) is 0 Å². The number of aliphatic hydroxyl groups excluding tert-OH is 1. The van der Waals surface area contributed by atoms with Gasteiger partial charge in [-0.1, -0.05) is 75.4 Å². The molecule has 0 bridgehead atoms. The number of benzene rings is 3. The summed E-state index contributed by atoms with van der Waals surface area (Å²) in [5.74, 6) is -3.27. The zero-order chi connectivity index (χ0) is 38.2. The number of hydrogen-bond donors (Lipinski definition) is 7. The topological polar surface area (TPSA) is 195 Å². The van der Waals surface area contributed by atoms with Crippen molar-refractivity contribution >= 4 is 46.8 Å². The summed E-state index contributed by atoms with van der Waals surface area (Å²) in [4.78, 5) is 75.5. The largest absolute Gasteiger partial charge is 0.392 e. The van der Waals surface area contributed by atoms with E-state index < -0.39 is 54.7 Å². The fraction of sp³-hybridized carbons (Fsp3) is 0.385. The Kier molecular flexibility index (Phi) is 16.0. The molecule has 0 spiro atoms. The highest BCUT2D eigenvalue weighted by Crippen LogP contribution is 2.27. The average Bonchev–Trinajstić information content (AvgIpc) is 3.12. The summed E-state index contributed by atoms with van der Waals surface area (Å²) >= 11 is 0. The maximum atomic E-state index is 12.9. The number of anilines is 2. The molecule has 13 heteroatoms. The van der Waals surface area contributed by atoms with Crippen LogP contribution in [-0.4, -0.2) is 65.7 Å². The van der Waals surface area contributed by atoms with E-state index in [0.717, 1.165) is 12.0 Å². The van der Waals surface area contributed by atoms with Crippen LogP contribution in [0.3, 0.4) is 0 Å². The van der Waals surface area contributed by atoms with Gasteiger partial charge in [0.1, 0.15) is 12.1 Å². The van der Waals surface area contributed by atoms with E-state index in [-0.39, 0.29) is 37.2 Å². The predicted octanol–water partition coefficient (Wildman–Crippen LogP) is 3.07. The molecule has 3 rings (SSSR count). The summed E-state index contributed by atoms with van der Waals surface area (Å²) in [7, 11) is 0. The fourth-order valence-electron chi connectivity index (χ4n) is 5.42. The zero-order valence-electron chi connectivity index (χ0n) is 30.4. The van der Waals surface area contributed by atoms with Crippen molar-refractivity contribution in [3.63, 3.8) is 0 Å². The summed E-state index contributed by atoms with van der Waals surface area (Å²) in [5.41, 5.74) is 5.29. The maximum Gasteiger partial charge on any atom is 0.246 e. The first kappa shape index (κ1) is 40.9. The van der Waals surface area contributed by atoms with Crippen LogP contribution in [-0.2, 0) is 41.8 Å². The number of para-hydroxylation sites is 1. The van der Waals surface area contributed by atoms with Gasteiger partial charge in [0.2, 0.25) is 35.4 Å². The van der Waals surface area contributed by atoms with E-state index in [9.17, 15) is 28.8 Å². The molecule has 3 aromatic carbocycles. The minimum atomic E-state index is -0.988. The van der Waals surface area contributed by atoms with Crippen molar-refractivity contribution in [2.45, 2.75) is 78.5 Å². The fourth-order valence-corrected chi connectivity index (χ4v) is 5.42. The third kappa shape index (κ3) is 13.3. The number of amides is 6. The van der Waals surface area contributed by atoms with E-state index in [1.165, 1.54) is 18.1 Å². The van der Waals surface area contributed by atoms with Gasteiger partial charge in [0.25, 0.3) is 0 Å². The van der Waals surface area contributed by atoms with Crippen LogP contribution >= 0.6 is 0 Å². The van der Waals surface area contributed by atoms with Gasteiger partial charge in [-0.15, -0.1) is 0 Å². The minimum absolute atomic E-state index is 0.0891. The number of carbonyl (C=O) groups excluding carboxylic acids is 6. The molecular formula is C39H50N6O7. The highest BCUT2D eigenvalue weighted by atomic mass is 16.3. The van der Waals surface area contributed by atoms with Crippen LogP contribution in [0.2, 0.25) is 0 Å². The SMILES string of the molecule is Cc1ccccc1C(C)Cc1ccccc1NC(=O)CCC(=O)NCC(=O)NCC(=O)N[C@H](C(=O)N[C@@H](C)C(=O)Nc1ccc(CO)cc1)C(C)C. The molecule has 13 nitrogen and oxygen atoms in total. The molecule has 0 aliphatic rings. The molecule has 3 aromatic rings. The van der Waals surface area contributed by atoms with E-state index >= 15 is 0 Å². The number of aliphatic hydroxyl groups is 1. The van der Waals surface area contributed by atoms with Crippen LogP contribution in [0.15, 0.2) is 72.8 Å². The predicted molar refractivity (Wildman–Crippen MR) is 199 cm³/mol. The first-order valence-corrected chi connectivity index (χ1v) is 17.3. The third-order valence-corrected chi connectivity index (χ3v) is 8.43. The number of rotatable bonds is 18. The van der Waals surface area contributed by atoms with Crippen LogP contribution in [0.25, 0.3) is 0 Å². The lowest BCUT2D eigenvalue weighted by molar-refractivity contribution is -0.132. The van der Waals surface area contributed by atoms with E-state index in [1.54, 1.807) is 38.1 Å². The number of aryl methyl sites for hydroxylation is 1. The van der Waals surface area contributed by atoms with E-state index in [4.69, 9.17) is 5.11 Å². The van der Waals surface area contributed by atoms with Crippen LogP contribution in [0, 0.1) is 12.8 Å². The van der Waals surface area contributed by atoms with Gasteiger partial charge >= 0.3 is 0 Å². The molecule has 0 aromatic heterocycles. The van der Waals surface area contributed by atoms with E-state index in [1.807, 2.05) is 36.4 Å². The molecule has 0 heterocycles. The summed E-state index contributed by atoms with van der Waals surface area (Å²) < 4.78 is 0. The Balaban J connectivity index is 1.37. The molecule has 7 N–H and O–H groups in total. The highest BCUT2D eigenvalue weighted by molar-refractivity contribution is 5.98. The van der Waals surface area contributed by atoms with E-state index in [0.29, 0.717) is 16.9 Å². The molecule has 6 amide bonds. The molecule has 0 fully saturated rings. The molecule has 0 aliphatic heterocycles. The van der Waals surface area contributed by atoms with Gasteiger partial charge < -0.3 is 37.0 Å². The van der Waals surface area contributed by atoms with Crippen molar-refractivity contribution in [1.82, 2.24) is 21.3 Å². The second-order valence-electron chi connectivity index (χ2n) is 13.1. The van der Waals surface area contributed by atoms with Crippen LogP contribution in [0.4, 0.5) is 11.4 Å². The Morgan fingerprint density at radius 3 is 1.94 bits per heavy atom. The monoisotopic (exact) mass is 714 g/mol. The molecule has 0 radical (unpaired) electrons. The average molecular weight is 715 g/mol. The van der Waals surface area contributed by atoms with Gasteiger partial charge in [0.15, 0.2) is 0 Å². The molecule has 1 unspecified atom stereocenters. The van der Waals surface area contributed by atoms with Crippen molar-refractivity contribution in [3.05, 3.63) is 95.1 Å². The van der Waals surface area contributed by atoms with Gasteiger partial charge in [0, 0.05) is 24.2 Å². The molecule has 3 atom stereocenters.